The molecule has 0 bridgehead atoms. The first-order valence-corrected chi connectivity index (χ1v) is 5.36. The fourth-order valence-corrected chi connectivity index (χ4v) is 0. The van der Waals surface area contributed by atoms with Crippen molar-refractivity contribution in [3.8, 4) is 0 Å². The molecule has 0 aromatic carbocycles. The molecule has 44 valence electrons. The van der Waals surface area contributed by atoms with Crippen LogP contribution in [0, 0.1) is 0 Å². The van der Waals surface area contributed by atoms with E-state index in [1.165, 1.54) is 0 Å². The predicted molar refractivity (Wildman–Crippen MR) is 24.9 cm³/mol. The average molecular weight is 169 g/mol. The van der Waals surface area contributed by atoms with Crippen LogP contribution in [0.15, 0.2) is 0 Å². The molecular formula is CHCl2F3Si. The molecule has 0 aliphatic rings. The molecule has 0 atom stereocenters. The average Bonchev–Trinajstić information content (AvgIpc) is 1.31. The maximum atomic E-state index is 11.0. The summed E-state index contributed by atoms with van der Waals surface area (Å²) in [4.78, 5) is 0. The first-order valence-electron chi connectivity index (χ1n) is 1.29. The Morgan fingerprint density at radius 2 is 1.29 bits per heavy atom. The Balaban J connectivity index is 3.54. The van der Waals surface area contributed by atoms with E-state index in [2.05, 4.69) is 22.2 Å². The summed E-state index contributed by atoms with van der Waals surface area (Å²) >= 11 is 9.07. The molecule has 0 aromatic rings. The topological polar surface area (TPSA) is 0 Å². The van der Waals surface area contributed by atoms with E-state index >= 15 is 0 Å². The van der Waals surface area contributed by atoms with E-state index in [9.17, 15) is 13.2 Å². The van der Waals surface area contributed by atoms with Gasteiger partial charge < -0.3 is 0 Å². The van der Waals surface area contributed by atoms with Crippen LogP contribution >= 0.6 is 22.2 Å². The fraction of sp³-hybridized carbons (Fsp3) is 1.00. The zero-order chi connectivity index (χ0) is 6.08. The number of halogens is 5. The predicted octanol–water partition coefficient (Wildman–Crippen LogP) is 1.79. The third kappa shape index (κ3) is 3.19. The summed E-state index contributed by atoms with van der Waals surface area (Å²) in [5.74, 6) is -4.33. The largest absolute Gasteiger partial charge is 0.389 e. The van der Waals surface area contributed by atoms with E-state index in [4.69, 9.17) is 0 Å². The number of alkyl halides is 3. The Labute approximate surface area is 49.2 Å². The molecule has 0 rings (SSSR count). The molecule has 0 fully saturated rings. The van der Waals surface area contributed by atoms with Gasteiger partial charge in [-0.3, -0.25) is 0 Å². The van der Waals surface area contributed by atoms with Crippen molar-refractivity contribution >= 4 is 29.6 Å². The summed E-state index contributed by atoms with van der Waals surface area (Å²) in [7, 11) is -3.41. The summed E-state index contributed by atoms with van der Waals surface area (Å²) < 4.78 is 32.9. The van der Waals surface area contributed by atoms with Crippen molar-refractivity contribution in [1.29, 1.82) is 0 Å². The molecule has 0 amide bonds. The van der Waals surface area contributed by atoms with Gasteiger partial charge in [-0.2, -0.15) is 13.2 Å². The molecule has 0 aliphatic carbocycles. The lowest BCUT2D eigenvalue weighted by Gasteiger charge is -2.01. The van der Waals surface area contributed by atoms with E-state index < -0.39 is 13.2 Å². The molecule has 0 aromatic heterocycles. The van der Waals surface area contributed by atoms with Crippen molar-refractivity contribution in [3.05, 3.63) is 0 Å². The van der Waals surface area contributed by atoms with Gasteiger partial charge in [0.2, 0.25) is 0 Å². The lowest BCUT2D eigenvalue weighted by atomic mass is 11.5. The highest BCUT2D eigenvalue weighted by atomic mass is 35.7. The quantitative estimate of drug-likeness (QED) is 0.383. The molecule has 0 heterocycles. The van der Waals surface area contributed by atoms with Crippen LogP contribution in [0.2, 0.25) is 0 Å². The van der Waals surface area contributed by atoms with Crippen LogP contribution in [-0.4, -0.2) is 13.2 Å². The van der Waals surface area contributed by atoms with Crippen LogP contribution in [-0.2, 0) is 0 Å². The highest BCUT2D eigenvalue weighted by molar-refractivity contribution is 7.34. The van der Waals surface area contributed by atoms with Gasteiger partial charge in [-0.1, -0.05) is 0 Å². The van der Waals surface area contributed by atoms with Crippen LogP contribution in [0.3, 0.4) is 0 Å². The van der Waals surface area contributed by atoms with E-state index in [1.807, 2.05) is 0 Å². The van der Waals surface area contributed by atoms with Crippen LogP contribution in [0.4, 0.5) is 13.2 Å². The van der Waals surface area contributed by atoms with E-state index in [-0.39, 0.29) is 0 Å². The van der Waals surface area contributed by atoms with Crippen molar-refractivity contribution in [2.45, 2.75) is 5.80 Å². The highest BCUT2D eigenvalue weighted by Crippen LogP contribution is 2.23. The molecule has 0 N–H and O–H groups in total. The summed E-state index contributed by atoms with van der Waals surface area (Å²) in [5.41, 5.74) is 0. The van der Waals surface area contributed by atoms with Gasteiger partial charge in [0.05, 0.1) is 0 Å². The minimum Gasteiger partial charge on any atom is -0.174 e. The van der Waals surface area contributed by atoms with Crippen molar-refractivity contribution in [2.75, 3.05) is 0 Å². The normalized spacial score (nSPS) is 12.9. The molecule has 0 aliphatic heterocycles. The van der Waals surface area contributed by atoms with Crippen molar-refractivity contribution in [3.63, 3.8) is 0 Å². The highest BCUT2D eigenvalue weighted by Gasteiger charge is 2.38. The monoisotopic (exact) mass is 168 g/mol. The van der Waals surface area contributed by atoms with Gasteiger partial charge in [0.25, 0.3) is 0 Å². The number of hydrogen-bond donors (Lipinski definition) is 0. The lowest BCUT2D eigenvalue weighted by molar-refractivity contribution is -0.0462. The summed E-state index contributed by atoms with van der Waals surface area (Å²) in [6.45, 7) is 0. The molecule has 7 heavy (non-hydrogen) atoms. The second kappa shape index (κ2) is 2.24. The molecule has 0 unspecified atom stereocenters. The van der Waals surface area contributed by atoms with Gasteiger partial charge in [0.15, 0.2) is 0 Å². The Bertz CT molecular complexity index is 58.4. The van der Waals surface area contributed by atoms with Crippen LogP contribution in [0.25, 0.3) is 0 Å². The number of rotatable bonds is 0. The number of hydrogen-bond acceptors (Lipinski definition) is 0. The third-order valence-electron chi connectivity index (χ3n) is 0.247. The van der Waals surface area contributed by atoms with Gasteiger partial charge in [-0.25, -0.2) is 0 Å². The summed E-state index contributed by atoms with van der Waals surface area (Å²) in [6, 6.07) is 0. The molecule has 0 spiro atoms. The van der Waals surface area contributed by atoms with Gasteiger partial charge >= 0.3 is 13.2 Å². The van der Waals surface area contributed by atoms with E-state index in [0.29, 0.717) is 0 Å². The van der Waals surface area contributed by atoms with E-state index in [0.717, 1.165) is 0 Å². The first kappa shape index (κ1) is 7.59. The summed E-state index contributed by atoms with van der Waals surface area (Å²) in [6.07, 6.45) is 0. The zero-order valence-electron chi connectivity index (χ0n) is 2.97. The molecule has 0 saturated carbocycles. The van der Waals surface area contributed by atoms with Gasteiger partial charge in [0, 0.05) is 0 Å². The zero-order valence-corrected chi connectivity index (χ0v) is 5.63. The van der Waals surface area contributed by atoms with Gasteiger partial charge in [-0.05, 0) is 0 Å². The van der Waals surface area contributed by atoms with Crippen molar-refractivity contribution < 1.29 is 13.2 Å². The van der Waals surface area contributed by atoms with Crippen LogP contribution < -0.4 is 0 Å². The third-order valence-corrected chi connectivity index (χ3v) is 2.23. The second-order valence-electron chi connectivity index (χ2n) is 0.842. The Hall–Kier alpha value is 0.587. The maximum Gasteiger partial charge on any atom is 0.389 e. The summed E-state index contributed by atoms with van der Waals surface area (Å²) in [5, 5.41) is 0. The van der Waals surface area contributed by atoms with Gasteiger partial charge in [-0.15, -0.1) is 22.2 Å². The SMILES string of the molecule is FC(F)(F)[SiH](Cl)Cl. The van der Waals surface area contributed by atoms with E-state index in [1.54, 1.807) is 0 Å². The smallest absolute Gasteiger partial charge is 0.174 e. The maximum absolute atomic E-state index is 11.0. The molecular weight excluding hydrogens is 168 g/mol. The van der Waals surface area contributed by atoms with Crippen LogP contribution in [0.5, 0.6) is 0 Å². The first-order chi connectivity index (χ1) is 2.94. The molecule has 0 saturated heterocycles. The van der Waals surface area contributed by atoms with Gasteiger partial charge in [0.1, 0.15) is 0 Å². The standard InChI is InChI=1S/CHCl2F3Si/c2-7(3)1(4,5)6/h7H. The Kier molecular flexibility index (Phi) is 2.42. The van der Waals surface area contributed by atoms with Crippen molar-refractivity contribution in [2.24, 2.45) is 0 Å². The molecule has 0 nitrogen and oxygen atoms in total. The fourth-order valence-electron chi connectivity index (χ4n) is 0. The minimum atomic E-state index is -4.33. The second-order valence-corrected chi connectivity index (χ2v) is 5.39. The van der Waals surface area contributed by atoms with Crippen LogP contribution in [0.1, 0.15) is 0 Å². The lowest BCUT2D eigenvalue weighted by Crippen LogP contribution is -2.21. The van der Waals surface area contributed by atoms with Crippen molar-refractivity contribution in [1.82, 2.24) is 0 Å². The Morgan fingerprint density at radius 3 is 1.29 bits per heavy atom. The Morgan fingerprint density at radius 1 is 1.14 bits per heavy atom. The minimum absolute atomic E-state index is 3.41. The molecule has 0 radical (unpaired) electrons. The molecule has 6 heteroatoms.